The fourth-order valence-corrected chi connectivity index (χ4v) is 4.21. The molecule has 0 saturated carbocycles. The van der Waals surface area contributed by atoms with Gasteiger partial charge in [0.1, 0.15) is 0 Å². The number of nitrogens with zero attached hydrogens (tertiary/aromatic N) is 2. The Hall–Kier alpha value is -2.01. The van der Waals surface area contributed by atoms with Gasteiger partial charge < -0.3 is 15.1 Å². The maximum atomic E-state index is 12.6. The van der Waals surface area contributed by atoms with E-state index in [-0.39, 0.29) is 17.4 Å². The highest BCUT2D eigenvalue weighted by Gasteiger charge is 2.41. The van der Waals surface area contributed by atoms with Gasteiger partial charge in [0.2, 0.25) is 5.91 Å². The van der Waals surface area contributed by atoms with E-state index in [0.717, 1.165) is 37.1 Å². The highest BCUT2D eigenvalue weighted by molar-refractivity contribution is 6.30. The van der Waals surface area contributed by atoms with Crippen molar-refractivity contribution < 1.29 is 9.59 Å². The lowest BCUT2D eigenvalue weighted by Gasteiger charge is -2.47. The number of rotatable bonds is 3. The summed E-state index contributed by atoms with van der Waals surface area (Å²) < 4.78 is 0. The molecule has 3 rings (SSSR count). The molecule has 26 heavy (non-hydrogen) atoms. The Kier molecular flexibility index (Phi) is 5.56. The van der Waals surface area contributed by atoms with Crippen LogP contribution in [0.25, 0.3) is 0 Å². The fraction of sp³-hybridized carbons (Fsp3) is 0.500. The smallest absolute Gasteiger partial charge is 0.321 e. The minimum Gasteiger partial charge on any atom is -0.338 e. The molecule has 2 saturated heterocycles. The van der Waals surface area contributed by atoms with Crippen molar-refractivity contribution in [2.45, 2.75) is 32.6 Å². The number of nitrogens with one attached hydrogen (secondary N) is 1. The Morgan fingerprint density at radius 1 is 1.35 bits per heavy atom. The Morgan fingerprint density at radius 2 is 2.08 bits per heavy atom. The third kappa shape index (κ3) is 4.04. The molecule has 1 spiro atoms. The van der Waals surface area contributed by atoms with E-state index in [1.54, 1.807) is 12.1 Å². The molecule has 1 aromatic rings. The van der Waals surface area contributed by atoms with Crippen LogP contribution < -0.4 is 5.32 Å². The van der Waals surface area contributed by atoms with E-state index >= 15 is 0 Å². The fourth-order valence-electron chi connectivity index (χ4n) is 3.98. The van der Waals surface area contributed by atoms with Crippen LogP contribution in [0.1, 0.15) is 31.2 Å². The number of hydrogen-bond donors (Lipinski definition) is 1. The largest absolute Gasteiger partial charge is 0.338 e. The topological polar surface area (TPSA) is 52.7 Å². The van der Waals surface area contributed by atoms with Gasteiger partial charge in [-0.3, -0.25) is 4.79 Å². The molecule has 0 aliphatic carbocycles. The van der Waals surface area contributed by atoms with Gasteiger partial charge in [-0.15, -0.1) is 6.58 Å². The number of carbonyl (C=O) groups is 2. The summed E-state index contributed by atoms with van der Waals surface area (Å²) in [4.78, 5) is 28.4. The number of amides is 3. The lowest BCUT2D eigenvalue weighted by atomic mass is 9.72. The first-order valence-corrected chi connectivity index (χ1v) is 9.51. The van der Waals surface area contributed by atoms with E-state index in [1.807, 2.05) is 28.9 Å². The van der Waals surface area contributed by atoms with Crippen molar-refractivity contribution in [2.24, 2.45) is 5.41 Å². The molecule has 2 heterocycles. The van der Waals surface area contributed by atoms with E-state index in [2.05, 4.69) is 11.9 Å². The standard InChI is InChI=1S/C20H26ClN3O2/c1-3-10-24-14-20(7-6-18(24)25)8-11-23(12-9-20)19(26)22-17-5-4-16(21)13-15(17)2/h3-5,13H,1,6-12,14H2,2H3,(H,22,26). The van der Waals surface area contributed by atoms with Crippen molar-refractivity contribution in [1.29, 1.82) is 0 Å². The first-order chi connectivity index (χ1) is 12.4. The number of anilines is 1. The first-order valence-electron chi connectivity index (χ1n) is 9.13. The molecule has 0 radical (unpaired) electrons. The minimum absolute atomic E-state index is 0.0693. The average Bonchev–Trinajstić information content (AvgIpc) is 2.61. The second-order valence-electron chi connectivity index (χ2n) is 7.44. The minimum atomic E-state index is -0.0693. The van der Waals surface area contributed by atoms with Gasteiger partial charge >= 0.3 is 6.03 Å². The maximum Gasteiger partial charge on any atom is 0.321 e. The number of hydrogen-bond acceptors (Lipinski definition) is 2. The number of benzene rings is 1. The molecule has 2 aliphatic rings. The van der Waals surface area contributed by atoms with Crippen molar-refractivity contribution >= 4 is 29.2 Å². The summed E-state index contributed by atoms with van der Waals surface area (Å²) in [5, 5.41) is 3.65. The third-order valence-corrected chi connectivity index (χ3v) is 5.87. The monoisotopic (exact) mass is 375 g/mol. The molecule has 0 atom stereocenters. The van der Waals surface area contributed by atoms with Gasteiger partial charge in [0.15, 0.2) is 0 Å². The molecule has 5 nitrogen and oxygen atoms in total. The molecule has 0 bridgehead atoms. The lowest BCUT2D eigenvalue weighted by molar-refractivity contribution is -0.138. The summed E-state index contributed by atoms with van der Waals surface area (Å²) in [7, 11) is 0. The van der Waals surface area contributed by atoms with E-state index < -0.39 is 0 Å². The normalized spacial score (nSPS) is 19.5. The van der Waals surface area contributed by atoms with Crippen LogP contribution in [0.4, 0.5) is 10.5 Å². The van der Waals surface area contributed by atoms with E-state index in [1.165, 1.54) is 0 Å². The van der Waals surface area contributed by atoms with Crippen LogP contribution in [0.15, 0.2) is 30.9 Å². The molecule has 6 heteroatoms. The van der Waals surface area contributed by atoms with Gasteiger partial charge in [-0.1, -0.05) is 17.7 Å². The zero-order valence-corrected chi connectivity index (χ0v) is 16.0. The first kappa shape index (κ1) is 18.8. The van der Waals surface area contributed by atoms with Gasteiger partial charge in [0.05, 0.1) is 0 Å². The van der Waals surface area contributed by atoms with Crippen LogP contribution in [0.3, 0.4) is 0 Å². The number of piperidine rings is 2. The molecule has 1 N–H and O–H groups in total. The predicted molar refractivity (Wildman–Crippen MR) is 104 cm³/mol. The third-order valence-electron chi connectivity index (χ3n) is 5.64. The van der Waals surface area contributed by atoms with Crippen molar-refractivity contribution in [2.75, 3.05) is 31.5 Å². The molecule has 1 aromatic carbocycles. The van der Waals surface area contributed by atoms with Crippen LogP contribution in [0.2, 0.25) is 5.02 Å². The van der Waals surface area contributed by atoms with E-state index in [0.29, 0.717) is 31.1 Å². The van der Waals surface area contributed by atoms with Crippen LogP contribution in [0.5, 0.6) is 0 Å². The lowest BCUT2D eigenvalue weighted by Crippen LogP contribution is -2.52. The van der Waals surface area contributed by atoms with Crippen LogP contribution in [-0.4, -0.2) is 47.9 Å². The summed E-state index contributed by atoms with van der Waals surface area (Å²) in [5.74, 6) is 0.217. The Bertz CT molecular complexity index is 711. The number of carbonyl (C=O) groups excluding carboxylic acids is 2. The zero-order valence-electron chi connectivity index (χ0n) is 15.3. The molecule has 2 aliphatic heterocycles. The SMILES string of the molecule is C=CCN1CC2(CCC1=O)CCN(C(=O)Nc1ccc(Cl)cc1C)CC2. The Morgan fingerprint density at radius 3 is 2.73 bits per heavy atom. The number of halogens is 1. The molecule has 0 aromatic heterocycles. The number of urea groups is 1. The molecule has 2 fully saturated rings. The summed E-state index contributed by atoms with van der Waals surface area (Å²) in [6.07, 6.45) is 5.17. The van der Waals surface area contributed by atoms with E-state index in [9.17, 15) is 9.59 Å². The Labute approximate surface area is 160 Å². The highest BCUT2D eigenvalue weighted by Crippen LogP contribution is 2.40. The van der Waals surface area contributed by atoms with Crippen LogP contribution in [-0.2, 0) is 4.79 Å². The molecular weight excluding hydrogens is 350 g/mol. The summed E-state index contributed by atoms with van der Waals surface area (Å²) in [6, 6.07) is 5.39. The van der Waals surface area contributed by atoms with Crippen LogP contribution in [0, 0.1) is 12.3 Å². The van der Waals surface area contributed by atoms with Gasteiger partial charge in [0, 0.05) is 43.3 Å². The zero-order chi connectivity index (χ0) is 18.7. The average molecular weight is 376 g/mol. The number of likely N-dealkylation sites (tertiary alicyclic amines) is 2. The summed E-state index contributed by atoms with van der Waals surface area (Å²) in [6.45, 7) is 8.50. The van der Waals surface area contributed by atoms with E-state index in [4.69, 9.17) is 11.6 Å². The van der Waals surface area contributed by atoms with Crippen molar-refractivity contribution in [3.63, 3.8) is 0 Å². The van der Waals surface area contributed by atoms with Gasteiger partial charge in [-0.25, -0.2) is 4.79 Å². The second kappa shape index (κ2) is 7.70. The summed E-state index contributed by atoms with van der Waals surface area (Å²) >= 11 is 5.97. The highest BCUT2D eigenvalue weighted by atomic mass is 35.5. The second-order valence-corrected chi connectivity index (χ2v) is 7.88. The van der Waals surface area contributed by atoms with Gasteiger partial charge in [-0.05, 0) is 55.4 Å². The molecule has 3 amide bonds. The molecular formula is C20H26ClN3O2. The molecule has 0 unspecified atom stereocenters. The van der Waals surface area contributed by atoms with Crippen molar-refractivity contribution in [3.8, 4) is 0 Å². The van der Waals surface area contributed by atoms with Crippen molar-refractivity contribution in [3.05, 3.63) is 41.4 Å². The predicted octanol–water partition coefficient (Wildman–Crippen LogP) is 4.07. The van der Waals surface area contributed by atoms with Crippen LogP contribution >= 0.6 is 11.6 Å². The quantitative estimate of drug-likeness (QED) is 0.809. The number of aryl methyl sites for hydroxylation is 1. The van der Waals surface area contributed by atoms with Gasteiger partial charge in [-0.2, -0.15) is 0 Å². The van der Waals surface area contributed by atoms with Crippen molar-refractivity contribution in [1.82, 2.24) is 9.80 Å². The van der Waals surface area contributed by atoms with Gasteiger partial charge in [0.25, 0.3) is 0 Å². The Balaban J connectivity index is 1.58. The maximum absolute atomic E-state index is 12.6. The molecule has 140 valence electrons. The summed E-state index contributed by atoms with van der Waals surface area (Å²) in [5.41, 5.74) is 1.88.